The van der Waals surface area contributed by atoms with Crippen molar-refractivity contribution >= 4 is 5.97 Å². The Balaban J connectivity index is 2.80. The van der Waals surface area contributed by atoms with Crippen molar-refractivity contribution in [2.45, 2.75) is 26.4 Å². The Hall–Kier alpha value is -1.58. The van der Waals surface area contributed by atoms with E-state index in [1.165, 1.54) is 6.07 Å². The van der Waals surface area contributed by atoms with Gasteiger partial charge in [0.25, 0.3) is 0 Å². The molecule has 1 atom stereocenters. The number of ether oxygens (including phenoxy) is 1. The van der Waals surface area contributed by atoms with Gasteiger partial charge in [-0.15, -0.1) is 0 Å². The first-order valence-electron chi connectivity index (χ1n) is 4.70. The average molecular weight is 212 g/mol. The van der Waals surface area contributed by atoms with Crippen molar-refractivity contribution in [1.29, 1.82) is 0 Å². The molecule has 82 valence electrons. The summed E-state index contributed by atoms with van der Waals surface area (Å²) in [5.74, 6) is -1.20. The third kappa shape index (κ3) is 2.94. The highest BCUT2D eigenvalue weighted by atomic mass is 19.1. The lowest BCUT2D eigenvalue weighted by Crippen LogP contribution is -2.25. The van der Waals surface area contributed by atoms with E-state index in [0.717, 1.165) is 0 Å². The Morgan fingerprint density at radius 3 is 2.73 bits per heavy atom. The lowest BCUT2D eigenvalue weighted by atomic mass is 10.2. The summed E-state index contributed by atoms with van der Waals surface area (Å²) < 4.78 is 18.2. The van der Waals surface area contributed by atoms with Gasteiger partial charge in [-0.25, -0.2) is 9.18 Å². The van der Waals surface area contributed by atoms with Crippen molar-refractivity contribution in [1.82, 2.24) is 0 Å². The number of aliphatic carboxylic acids is 1. The van der Waals surface area contributed by atoms with Crippen LogP contribution < -0.4 is 4.74 Å². The van der Waals surface area contributed by atoms with E-state index in [2.05, 4.69) is 0 Å². The number of carboxylic acids is 1. The molecule has 0 saturated heterocycles. The second-order valence-corrected chi connectivity index (χ2v) is 3.26. The topological polar surface area (TPSA) is 46.5 Å². The van der Waals surface area contributed by atoms with Gasteiger partial charge in [-0.1, -0.05) is 13.0 Å². The second kappa shape index (κ2) is 4.77. The van der Waals surface area contributed by atoms with Crippen LogP contribution >= 0.6 is 0 Å². The molecular formula is C11H13FO3. The van der Waals surface area contributed by atoms with Gasteiger partial charge in [0.15, 0.2) is 6.10 Å². The summed E-state index contributed by atoms with van der Waals surface area (Å²) in [6, 6.07) is 4.31. The largest absolute Gasteiger partial charge is 0.479 e. The van der Waals surface area contributed by atoms with Crippen molar-refractivity contribution in [3.63, 3.8) is 0 Å². The summed E-state index contributed by atoms with van der Waals surface area (Å²) >= 11 is 0. The minimum absolute atomic E-state index is 0.243. The number of halogens is 1. The van der Waals surface area contributed by atoms with E-state index in [1.54, 1.807) is 26.0 Å². The lowest BCUT2D eigenvalue weighted by molar-refractivity contribution is -0.145. The van der Waals surface area contributed by atoms with Gasteiger partial charge < -0.3 is 9.84 Å². The lowest BCUT2D eigenvalue weighted by Gasteiger charge is -2.13. The highest BCUT2D eigenvalue weighted by molar-refractivity contribution is 5.72. The van der Waals surface area contributed by atoms with E-state index in [4.69, 9.17) is 9.84 Å². The fourth-order valence-corrected chi connectivity index (χ4v) is 1.12. The fraction of sp³-hybridized carbons (Fsp3) is 0.364. The molecule has 0 aromatic heterocycles. The number of hydrogen-bond acceptors (Lipinski definition) is 2. The van der Waals surface area contributed by atoms with Crippen LogP contribution in [0.5, 0.6) is 5.75 Å². The van der Waals surface area contributed by atoms with E-state index in [9.17, 15) is 9.18 Å². The molecule has 0 amide bonds. The molecule has 0 fully saturated rings. The van der Waals surface area contributed by atoms with Gasteiger partial charge in [-0.05, 0) is 25.0 Å². The van der Waals surface area contributed by atoms with Crippen LogP contribution in [-0.2, 0) is 4.79 Å². The molecule has 1 aromatic rings. The van der Waals surface area contributed by atoms with E-state index in [1.807, 2.05) is 0 Å². The molecular weight excluding hydrogens is 199 g/mol. The van der Waals surface area contributed by atoms with Crippen LogP contribution in [-0.4, -0.2) is 17.2 Å². The van der Waals surface area contributed by atoms with Crippen LogP contribution in [0.4, 0.5) is 4.39 Å². The van der Waals surface area contributed by atoms with E-state index >= 15 is 0 Å². The SMILES string of the molecule is CCC(Oc1ccc(C)c(F)c1)C(=O)O. The van der Waals surface area contributed by atoms with Crippen LogP contribution in [0.2, 0.25) is 0 Å². The van der Waals surface area contributed by atoms with Gasteiger partial charge in [0.1, 0.15) is 11.6 Å². The molecule has 3 nitrogen and oxygen atoms in total. The molecule has 0 radical (unpaired) electrons. The number of rotatable bonds is 4. The highest BCUT2D eigenvalue weighted by Crippen LogP contribution is 2.17. The highest BCUT2D eigenvalue weighted by Gasteiger charge is 2.16. The Morgan fingerprint density at radius 2 is 2.27 bits per heavy atom. The van der Waals surface area contributed by atoms with Crippen LogP contribution in [0, 0.1) is 12.7 Å². The molecule has 0 aliphatic rings. The molecule has 0 bridgehead atoms. The molecule has 4 heteroatoms. The maximum Gasteiger partial charge on any atom is 0.344 e. The molecule has 1 aromatic carbocycles. The van der Waals surface area contributed by atoms with Crippen molar-refractivity contribution in [2.75, 3.05) is 0 Å². The van der Waals surface area contributed by atoms with Crippen molar-refractivity contribution < 1.29 is 19.0 Å². The zero-order valence-corrected chi connectivity index (χ0v) is 8.66. The monoisotopic (exact) mass is 212 g/mol. The quantitative estimate of drug-likeness (QED) is 0.833. The zero-order valence-electron chi connectivity index (χ0n) is 8.66. The first kappa shape index (κ1) is 11.5. The molecule has 1 unspecified atom stereocenters. The van der Waals surface area contributed by atoms with Gasteiger partial charge in [0, 0.05) is 6.07 Å². The molecule has 0 aliphatic carbocycles. The molecule has 15 heavy (non-hydrogen) atoms. The van der Waals surface area contributed by atoms with Crippen LogP contribution in [0.25, 0.3) is 0 Å². The minimum atomic E-state index is -1.04. The number of carbonyl (C=O) groups is 1. The molecule has 0 aliphatic heterocycles. The molecule has 0 spiro atoms. The molecule has 0 heterocycles. The van der Waals surface area contributed by atoms with E-state index < -0.39 is 17.9 Å². The third-order valence-electron chi connectivity index (χ3n) is 2.07. The summed E-state index contributed by atoms with van der Waals surface area (Å²) in [7, 11) is 0. The molecule has 0 saturated carbocycles. The molecule has 1 N–H and O–H groups in total. The third-order valence-corrected chi connectivity index (χ3v) is 2.07. The number of carboxylic acid groups (broad SMARTS) is 1. The van der Waals surface area contributed by atoms with Gasteiger partial charge >= 0.3 is 5.97 Å². The predicted molar refractivity (Wildman–Crippen MR) is 53.5 cm³/mol. The van der Waals surface area contributed by atoms with Gasteiger partial charge in [0.05, 0.1) is 0 Å². The van der Waals surface area contributed by atoms with Crippen molar-refractivity contribution in [3.05, 3.63) is 29.6 Å². The number of hydrogen-bond donors (Lipinski definition) is 1. The van der Waals surface area contributed by atoms with E-state index in [0.29, 0.717) is 12.0 Å². The van der Waals surface area contributed by atoms with Crippen molar-refractivity contribution in [3.8, 4) is 5.75 Å². The second-order valence-electron chi connectivity index (χ2n) is 3.26. The Kier molecular flexibility index (Phi) is 3.66. The summed E-state index contributed by atoms with van der Waals surface area (Å²) in [6.07, 6.45) is -0.586. The first-order valence-corrected chi connectivity index (χ1v) is 4.70. The Labute approximate surface area is 87.5 Å². The first-order chi connectivity index (χ1) is 7.04. The maximum absolute atomic E-state index is 13.1. The number of aryl methyl sites for hydroxylation is 1. The normalized spacial score (nSPS) is 12.2. The Morgan fingerprint density at radius 1 is 1.60 bits per heavy atom. The summed E-state index contributed by atoms with van der Waals surface area (Å²) in [5, 5.41) is 8.74. The van der Waals surface area contributed by atoms with Gasteiger partial charge in [-0.3, -0.25) is 0 Å². The summed E-state index contributed by atoms with van der Waals surface area (Å²) in [5.41, 5.74) is 0.505. The summed E-state index contributed by atoms with van der Waals surface area (Å²) in [6.45, 7) is 3.33. The smallest absolute Gasteiger partial charge is 0.344 e. The minimum Gasteiger partial charge on any atom is -0.479 e. The van der Waals surface area contributed by atoms with Crippen LogP contribution in [0.1, 0.15) is 18.9 Å². The van der Waals surface area contributed by atoms with Crippen LogP contribution in [0.3, 0.4) is 0 Å². The average Bonchev–Trinajstić information content (AvgIpc) is 2.19. The number of benzene rings is 1. The summed E-state index contributed by atoms with van der Waals surface area (Å²) in [4.78, 5) is 10.7. The van der Waals surface area contributed by atoms with E-state index in [-0.39, 0.29) is 5.75 Å². The predicted octanol–water partition coefficient (Wildman–Crippen LogP) is 2.38. The zero-order chi connectivity index (χ0) is 11.4. The van der Waals surface area contributed by atoms with Crippen LogP contribution in [0.15, 0.2) is 18.2 Å². The fourth-order valence-electron chi connectivity index (χ4n) is 1.12. The maximum atomic E-state index is 13.1. The van der Waals surface area contributed by atoms with Gasteiger partial charge in [0.2, 0.25) is 0 Å². The van der Waals surface area contributed by atoms with Gasteiger partial charge in [-0.2, -0.15) is 0 Å². The standard InChI is InChI=1S/C11H13FO3/c1-3-10(11(13)14)15-8-5-4-7(2)9(12)6-8/h4-6,10H,3H2,1-2H3,(H,13,14). The van der Waals surface area contributed by atoms with Crippen molar-refractivity contribution in [2.24, 2.45) is 0 Å². The Bertz CT molecular complexity index is 363. The molecule has 1 rings (SSSR count).